The lowest BCUT2D eigenvalue weighted by atomic mass is 9.81. The largest absolute Gasteiger partial charge is 0.387 e. The van der Waals surface area contributed by atoms with Crippen LogP contribution in [0.25, 0.3) is 0 Å². The molecule has 2 N–H and O–H groups in total. The fraction of sp³-hybridized carbons (Fsp3) is 0.500. The van der Waals surface area contributed by atoms with E-state index in [1.807, 2.05) is 6.07 Å². The Kier molecular flexibility index (Phi) is 5.15. The van der Waals surface area contributed by atoms with E-state index in [0.717, 1.165) is 19.6 Å². The molecule has 1 fully saturated rings. The fourth-order valence-corrected chi connectivity index (χ4v) is 3.20. The maximum Gasteiger partial charge on any atom is 0.241 e. The summed E-state index contributed by atoms with van der Waals surface area (Å²) in [5.74, 6) is -0.0928. The third kappa shape index (κ3) is 4.64. The number of hydrogen-bond acceptors (Lipinski definition) is 5. The molecule has 25 heavy (non-hydrogen) atoms. The number of carbonyl (C=O) groups is 1. The molecule has 1 atom stereocenters. The maximum absolute atomic E-state index is 12.1. The van der Waals surface area contributed by atoms with Crippen LogP contribution in [-0.4, -0.2) is 50.5 Å². The van der Waals surface area contributed by atoms with Crippen LogP contribution in [0.4, 0.5) is 0 Å². The van der Waals surface area contributed by atoms with Crippen LogP contribution in [0.5, 0.6) is 0 Å². The molecule has 1 aromatic heterocycles. The number of amides is 1. The van der Waals surface area contributed by atoms with Crippen molar-refractivity contribution in [3.05, 3.63) is 47.8 Å². The predicted octanol–water partition coefficient (Wildman–Crippen LogP) is 0.970. The Morgan fingerprint density at radius 1 is 1.36 bits per heavy atom. The summed E-state index contributed by atoms with van der Waals surface area (Å²) in [5, 5.41) is 20.1. The maximum atomic E-state index is 12.1. The molecule has 1 amide bonds. The highest BCUT2D eigenvalue weighted by atomic mass is 16.3. The zero-order valence-electron chi connectivity index (χ0n) is 14.7. The topological polar surface area (TPSA) is 83.3 Å². The Labute approximate surface area is 147 Å². The highest BCUT2D eigenvalue weighted by molar-refractivity contribution is 5.75. The van der Waals surface area contributed by atoms with Gasteiger partial charge in [0.05, 0.1) is 12.3 Å². The average molecular weight is 343 g/mol. The molecule has 0 radical (unpaired) electrons. The summed E-state index contributed by atoms with van der Waals surface area (Å²) in [5.41, 5.74) is 1.89. The van der Waals surface area contributed by atoms with Gasteiger partial charge in [0.25, 0.3) is 0 Å². The molecule has 0 spiro atoms. The minimum Gasteiger partial charge on any atom is -0.387 e. The highest BCUT2D eigenvalue weighted by Gasteiger charge is 2.38. The van der Waals surface area contributed by atoms with Gasteiger partial charge >= 0.3 is 0 Å². The van der Waals surface area contributed by atoms with Crippen molar-refractivity contribution in [3.8, 4) is 0 Å². The molecule has 7 nitrogen and oxygen atoms in total. The third-order valence-corrected chi connectivity index (χ3v) is 4.46. The number of aromatic nitrogens is 3. The van der Waals surface area contributed by atoms with Gasteiger partial charge in [0.1, 0.15) is 12.2 Å². The zero-order valence-corrected chi connectivity index (χ0v) is 14.7. The molecule has 0 bridgehead atoms. The van der Waals surface area contributed by atoms with Crippen molar-refractivity contribution in [3.63, 3.8) is 0 Å². The van der Waals surface area contributed by atoms with Gasteiger partial charge in [-0.05, 0) is 12.5 Å². The van der Waals surface area contributed by atoms with Gasteiger partial charge in [-0.1, -0.05) is 42.5 Å². The summed E-state index contributed by atoms with van der Waals surface area (Å²) in [6.45, 7) is 7.46. The standard InChI is InChI=1S/C18H25N5O2/c1-14(24)16-9-23(21-20-16)10-17(25)19-11-18(2)12-22(13-18)8-15-6-4-3-5-7-15/h3-7,9,14,24H,8,10-13H2,1-2H3,(H,19,25). The first-order valence-electron chi connectivity index (χ1n) is 8.55. The van der Waals surface area contributed by atoms with Crippen LogP contribution in [-0.2, 0) is 17.9 Å². The first-order valence-corrected chi connectivity index (χ1v) is 8.55. The smallest absolute Gasteiger partial charge is 0.241 e. The molecule has 134 valence electrons. The molecular formula is C18H25N5O2. The first kappa shape index (κ1) is 17.6. The molecule has 0 saturated carbocycles. The minimum absolute atomic E-state index is 0.0928. The second kappa shape index (κ2) is 7.33. The van der Waals surface area contributed by atoms with E-state index in [1.165, 1.54) is 10.2 Å². The van der Waals surface area contributed by atoms with E-state index < -0.39 is 6.10 Å². The van der Waals surface area contributed by atoms with Gasteiger partial charge in [-0.3, -0.25) is 9.69 Å². The minimum atomic E-state index is -0.679. The van der Waals surface area contributed by atoms with Crippen molar-refractivity contribution in [2.75, 3.05) is 19.6 Å². The summed E-state index contributed by atoms with van der Waals surface area (Å²) < 4.78 is 1.45. The van der Waals surface area contributed by atoms with Gasteiger partial charge < -0.3 is 10.4 Å². The summed E-state index contributed by atoms with van der Waals surface area (Å²) in [6.07, 6.45) is 0.915. The Hall–Kier alpha value is -2.25. The Bertz CT molecular complexity index is 707. The monoisotopic (exact) mass is 343 g/mol. The van der Waals surface area contributed by atoms with Crippen molar-refractivity contribution in [1.29, 1.82) is 0 Å². The summed E-state index contributed by atoms with van der Waals surface area (Å²) >= 11 is 0. The van der Waals surface area contributed by atoms with Crippen LogP contribution >= 0.6 is 0 Å². The van der Waals surface area contributed by atoms with Crippen LogP contribution < -0.4 is 5.32 Å². The van der Waals surface area contributed by atoms with Gasteiger partial charge in [0.2, 0.25) is 5.91 Å². The number of likely N-dealkylation sites (tertiary alicyclic amines) is 1. The molecule has 3 rings (SSSR count). The van der Waals surface area contributed by atoms with Crippen molar-refractivity contribution < 1.29 is 9.90 Å². The van der Waals surface area contributed by atoms with E-state index in [-0.39, 0.29) is 17.9 Å². The quantitative estimate of drug-likeness (QED) is 0.783. The Balaban J connectivity index is 1.40. The number of aliphatic hydroxyl groups excluding tert-OH is 1. The molecule has 1 unspecified atom stereocenters. The highest BCUT2D eigenvalue weighted by Crippen LogP contribution is 2.30. The van der Waals surface area contributed by atoms with Crippen LogP contribution in [0.15, 0.2) is 36.5 Å². The predicted molar refractivity (Wildman–Crippen MR) is 93.5 cm³/mol. The third-order valence-electron chi connectivity index (χ3n) is 4.46. The van der Waals surface area contributed by atoms with Crippen LogP contribution in [0.3, 0.4) is 0 Å². The fourth-order valence-electron chi connectivity index (χ4n) is 3.20. The number of carbonyl (C=O) groups excluding carboxylic acids is 1. The number of nitrogens with one attached hydrogen (secondary N) is 1. The van der Waals surface area contributed by atoms with Crippen molar-refractivity contribution in [2.24, 2.45) is 5.41 Å². The molecular weight excluding hydrogens is 318 g/mol. The molecule has 2 heterocycles. The van der Waals surface area contributed by atoms with Gasteiger partial charge in [-0.15, -0.1) is 5.10 Å². The van der Waals surface area contributed by atoms with Crippen LogP contribution in [0.1, 0.15) is 31.2 Å². The van der Waals surface area contributed by atoms with E-state index in [2.05, 4.69) is 51.7 Å². The lowest BCUT2D eigenvalue weighted by molar-refractivity contribution is -0.123. The summed E-state index contributed by atoms with van der Waals surface area (Å²) in [7, 11) is 0. The number of aliphatic hydroxyl groups is 1. The Morgan fingerprint density at radius 2 is 2.08 bits per heavy atom. The molecule has 2 aromatic rings. The lowest BCUT2D eigenvalue weighted by Gasteiger charge is -2.48. The lowest BCUT2D eigenvalue weighted by Crippen LogP contribution is -2.58. The van der Waals surface area contributed by atoms with Crippen molar-refractivity contribution >= 4 is 5.91 Å². The van der Waals surface area contributed by atoms with Crippen molar-refractivity contribution in [2.45, 2.75) is 33.0 Å². The molecule has 0 aliphatic carbocycles. The van der Waals surface area contributed by atoms with E-state index in [4.69, 9.17) is 0 Å². The molecule has 1 aliphatic rings. The SMILES string of the molecule is CC(O)c1cn(CC(=O)NCC2(C)CN(Cc3ccccc3)C2)nn1. The Morgan fingerprint density at radius 3 is 2.72 bits per heavy atom. The van der Waals surface area contributed by atoms with E-state index in [1.54, 1.807) is 13.1 Å². The van der Waals surface area contributed by atoms with Crippen molar-refractivity contribution in [1.82, 2.24) is 25.2 Å². The molecule has 1 saturated heterocycles. The average Bonchev–Trinajstić information content (AvgIpc) is 3.01. The van der Waals surface area contributed by atoms with Gasteiger partial charge in [-0.2, -0.15) is 0 Å². The first-order chi connectivity index (χ1) is 11.9. The second-order valence-corrected chi connectivity index (χ2v) is 7.24. The zero-order chi connectivity index (χ0) is 17.9. The number of hydrogen-bond donors (Lipinski definition) is 2. The van der Waals surface area contributed by atoms with E-state index in [0.29, 0.717) is 12.2 Å². The summed E-state index contributed by atoms with van der Waals surface area (Å²) in [6, 6.07) is 10.4. The normalized spacial score (nSPS) is 17.7. The van der Waals surface area contributed by atoms with E-state index in [9.17, 15) is 9.90 Å². The molecule has 1 aliphatic heterocycles. The summed E-state index contributed by atoms with van der Waals surface area (Å²) in [4.78, 5) is 14.5. The van der Waals surface area contributed by atoms with Gasteiger partial charge in [-0.25, -0.2) is 4.68 Å². The van der Waals surface area contributed by atoms with Gasteiger partial charge in [0.15, 0.2) is 0 Å². The van der Waals surface area contributed by atoms with Gasteiger partial charge in [0, 0.05) is 31.6 Å². The second-order valence-electron chi connectivity index (χ2n) is 7.24. The molecule has 7 heteroatoms. The van der Waals surface area contributed by atoms with E-state index >= 15 is 0 Å². The van der Waals surface area contributed by atoms with Crippen LogP contribution in [0, 0.1) is 5.41 Å². The number of benzene rings is 1. The number of nitrogens with zero attached hydrogens (tertiary/aromatic N) is 4. The molecule has 1 aromatic carbocycles. The number of rotatable bonds is 7. The van der Waals surface area contributed by atoms with Crippen LogP contribution in [0.2, 0.25) is 0 Å².